The van der Waals surface area contributed by atoms with Gasteiger partial charge in [-0.25, -0.2) is 8.42 Å². The van der Waals surface area contributed by atoms with Crippen molar-refractivity contribution in [2.45, 2.75) is 69.5 Å². The Hall–Kier alpha value is -3.07. The number of sulfonamides is 1. The quantitative estimate of drug-likeness (QED) is 0.287. The predicted octanol–water partition coefficient (Wildman–Crippen LogP) is 6.36. The molecule has 0 aromatic heterocycles. The molecular formula is C31H35Cl2N3O4S. The first-order chi connectivity index (χ1) is 19.6. The highest BCUT2D eigenvalue weighted by atomic mass is 35.5. The van der Waals surface area contributed by atoms with Crippen LogP contribution in [0.2, 0.25) is 10.0 Å². The summed E-state index contributed by atoms with van der Waals surface area (Å²) in [6.45, 7) is 3.02. The smallest absolute Gasteiger partial charge is 0.264 e. The number of carbonyl (C=O) groups excluding carboxylic acids is 2. The van der Waals surface area contributed by atoms with Gasteiger partial charge in [0.1, 0.15) is 12.6 Å². The maximum Gasteiger partial charge on any atom is 0.264 e. The molecule has 2 amide bonds. The Morgan fingerprint density at radius 1 is 0.927 bits per heavy atom. The zero-order valence-corrected chi connectivity index (χ0v) is 25.6. The van der Waals surface area contributed by atoms with Crippen LogP contribution in [0.25, 0.3) is 0 Å². The third-order valence-electron chi connectivity index (χ3n) is 7.42. The van der Waals surface area contributed by atoms with Gasteiger partial charge in [-0.1, -0.05) is 72.8 Å². The van der Waals surface area contributed by atoms with E-state index in [4.69, 9.17) is 23.2 Å². The van der Waals surface area contributed by atoms with Crippen molar-refractivity contribution in [1.29, 1.82) is 0 Å². The molecule has 41 heavy (non-hydrogen) atoms. The third-order valence-corrected chi connectivity index (χ3v) is 9.68. The molecule has 0 radical (unpaired) electrons. The van der Waals surface area contributed by atoms with Crippen LogP contribution in [0, 0.1) is 6.92 Å². The van der Waals surface area contributed by atoms with Gasteiger partial charge in [-0.2, -0.15) is 0 Å². The molecule has 0 unspecified atom stereocenters. The van der Waals surface area contributed by atoms with Crippen molar-refractivity contribution >= 4 is 50.7 Å². The van der Waals surface area contributed by atoms with Gasteiger partial charge in [-0.05, 0) is 80.3 Å². The van der Waals surface area contributed by atoms with E-state index in [2.05, 4.69) is 5.32 Å². The van der Waals surface area contributed by atoms with Crippen LogP contribution in [0.15, 0.2) is 77.7 Å². The molecule has 0 saturated heterocycles. The number of hydrogen-bond acceptors (Lipinski definition) is 4. The zero-order valence-electron chi connectivity index (χ0n) is 23.2. The summed E-state index contributed by atoms with van der Waals surface area (Å²) in [6.07, 6.45) is 5.07. The lowest BCUT2D eigenvalue weighted by Gasteiger charge is -2.33. The van der Waals surface area contributed by atoms with Crippen molar-refractivity contribution in [2.75, 3.05) is 10.8 Å². The van der Waals surface area contributed by atoms with Crippen LogP contribution in [-0.2, 0) is 26.2 Å². The van der Waals surface area contributed by atoms with Gasteiger partial charge in [0.05, 0.1) is 10.6 Å². The highest BCUT2D eigenvalue weighted by Crippen LogP contribution is 2.29. The van der Waals surface area contributed by atoms with Gasteiger partial charge >= 0.3 is 0 Å². The number of nitrogens with one attached hydrogen (secondary N) is 1. The van der Waals surface area contributed by atoms with Gasteiger partial charge in [-0.15, -0.1) is 0 Å². The van der Waals surface area contributed by atoms with E-state index in [0.29, 0.717) is 21.3 Å². The molecule has 0 spiro atoms. The Labute approximate surface area is 252 Å². The minimum atomic E-state index is -4.14. The van der Waals surface area contributed by atoms with Gasteiger partial charge < -0.3 is 10.2 Å². The Kier molecular flexibility index (Phi) is 10.3. The molecule has 1 atom stereocenters. The lowest BCUT2D eigenvalue weighted by Crippen LogP contribution is -2.53. The number of rotatable bonds is 10. The maximum absolute atomic E-state index is 14.1. The highest BCUT2D eigenvalue weighted by molar-refractivity contribution is 7.92. The highest BCUT2D eigenvalue weighted by Gasteiger charge is 2.33. The number of hydrogen-bond donors (Lipinski definition) is 1. The fourth-order valence-corrected chi connectivity index (χ4v) is 6.92. The number of nitrogens with zero attached hydrogens (tertiary/aromatic N) is 2. The minimum absolute atomic E-state index is 0.0505. The summed E-state index contributed by atoms with van der Waals surface area (Å²) in [4.78, 5) is 29.0. The summed E-state index contributed by atoms with van der Waals surface area (Å²) in [5.74, 6) is -0.778. The molecule has 0 heterocycles. The normalized spacial score (nSPS) is 14.7. The number of anilines is 1. The molecule has 1 fully saturated rings. The topological polar surface area (TPSA) is 86.8 Å². The van der Waals surface area contributed by atoms with Gasteiger partial charge in [0.25, 0.3) is 10.0 Å². The average Bonchev–Trinajstić information content (AvgIpc) is 2.96. The van der Waals surface area contributed by atoms with Crippen LogP contribution < -0.4 is 9.62 Å². The first-order valence-electron chi connectivity index (χ1n) is 13.7. The van der Waals surface area contributed by atoms with Gasteiger partial charge in [0, 0.05) is 22.6 Å². The Morgan fingerprint density at radius 3 is 2.20 bits per heavy atom. The number of halogens is 2. The summed E-state index contributed by atoms with van der Waals surface area (Å²) < 4.78 is 28.9. The summed E-state index contributed by atoms with van der Waals surface area (Å²) in [7, 11) is -4.14. The Bertz CT molecular complexity index is 1460. The number of amides is 2. The first-order valence-corrected chi connectivity index (χ1v) is 15.9. The second-order valence-corrected chi connectivity index (χ2v) is 13.2. The van der Waals surface area contributed by atoms with Crippen LogP contribution in [-0.4, -0.2) is 43.8 Å². The first kappa shape index (κ1) is 30.9. The monoisotopic (exact) mass is 615 g/mol. The van der Waals surface area contributed by atoms with Crippen LogP contribution in [0.5, 0.6) is 0 Å². The Morgan fingerprint density at radius 2 is 1.56 bits per heavy atom. The molecule has 1 saturated carbocycles. The maximum atomic E-state index is 14.1. The van der Waals surface area contributed by atoms with Crippen molar-refractivity contribution in [3.63, 3.8) is 0 Å². The fraction of sp³-hybridized carbons (Fsp3) is 0.355. The molecule has 7 nitrogen and oxygen atoms in total. The van der Waals surface area contributed by atoms with Crippen molar-refractivity contribution in [1.82, 2.24) is 10.2 Å². The second kappa shape index (κ2) is 13.7. The summed E-state index contributed by atoms with van der Waals surface area (Å²) in [5, 5.41) is 4.10. The molecule has 0 bridgehead atoms. The average molecular weight is 617 g/mol. The second-order valence-electron chi connectivity index (χ2n) is 10.4. The molecule has 10 heteroatoms. The molecule has 218 valence electrons. The summed E-state index contributed by atoms with van der Waals surface area (Å²) >= 11 is 12.2. The van der Waals surface area contributed by atoms with E-state index in [0.717, 1.165) is 42.0 Å². The SMILES string of the molecule is Cc1cc(Cl)ccc1N(CC(=O)N(Cc1ccc(Cl)cc1)[C@H](C)C(=O)NC1CCCCC1)S(=O)(=O)c1ccccc1. The van der Waals surface area contributed by atoms with E-state index in [9.17, 15) is 18.0 Å². The molecular weight excluding hydrogens is 581 g/mol. The molecule has 0 aliphatic heterocycles. The molecule has 1 aliphatic rings. The van der Waals surface area contributed by atoms with E-state index >= 15 is 0 Å². The van der Waals surface area contributed by atoms with Gasteiger partial charge in [-0.3, -0.25) is 13.9 Å². The van der Waals surface area contributed by atoms with E-state index in [-0.39, 0.29) is 23.4 Å². The standard InChI is InChI=1S/C31H35Cl2N3O4S/c1-22-19-26(33)17-18-29(22)36(41(39,40)28-11-7-4-8-12-28)21-30(37)35(20-24-13-15-25(32)16-14-24)23(2)31(38)34-27-9-5-3-6-10-27/h4,7-8,11-19,23,27H,3,5-6,9-10,20-21H2,1-2H3,(H,34,38)/t23-/m1/s1. The van der Waals surface area contributed by atoms with E-state index < -0.39 is 28.5 Å². The van der Waals surface area contributed by atoms with Crippen LogP contribution >= 0.6 is 23.2 Å². The molecule has 3 aromatic rings. The Balaban J connectivity index is 1.69. The molecule has 1 N–H and O–H groups in total. The summed E-state index contributed by atoms with van der Waals surface area (Å²) in [5.41, 5.74) is 1.69. The van der Waals surface area contributed by atoms with Gasteiger partial charge in [0.15, 0.2) is 0 Å². The van der Waals surface area contributed by atoms with Crippen molar-refractivity contribution in [3.05, 3.63) is 94.0 Å². The van der Waals surface area contributed by atoms with E-state index in [1.807, 2.05) is 0 Å². The molecule has 4 rings (SSSR count). The predicted molar refractivity (Wildman–Crippen MR) is 164 cm³/mol. The van der Waals surface area contributed by atoms with Crippen LogP contribution in [0.3, 0.4) is 0 Å². The van der Waals surface area contributed by atoms with E-state index in [1.165, 1.54) is 17.0 Å². The van der Waals surface area contributed by atoms with Crippen LogP contribution in [0.4, 0.5) is 5.69 Å². The number of aryl methyl sites for hydroxylation is 1. The molecule has 1 aliphatic carbocycles. The lowest BCUT2D eigenvalue weighted by molar-refractivity contribution is -0.139. The van der Waals surface area contributed by atoms with Crippen molar-refractivity contribution < 1.29 is 18.0 Å². The van der Waals surface area contributed by atoms with Crippen molar-refractivity contribution in [3.8, 4) is 0 Å². The largest absolute Gasteiger partial charge is 0.352 e. The molecule has 3 aromatic carbocycles. The van der Waals surface area contributed by atoms with E-state index in [1.54, 1.807) is 74.5 Å². The van der Waals surface area contributed by atoms with Crippen molar-refractivity contribution in [2.24, 2.45) is 0 Å². The lowest BCUT2D eigenvalue weighted by atomic mass is 9.95. The zero-order chi connectivity index (χ0) is 29.6. The fourth-order valence-electron chi connectivity index (χ4n) is 5.07. The number of carbonyl (C=O) groups is 2. The minimum Gasteiger partial charge on any atom is -0.352 e. The van der Waals surface area contributed by atoms with Crippen LogP contribution in [0.1, 0.15) is 50.2 Å². The van der Waals surface area contributed by atoms with Gasteiger partial charge in [0.2, 0.25) is 11.8 Å². The number of benzene rings is 3. The summed E-state index contributed by atoms with van der Waals surface area (Å²) in [6, 6.07) is 19.0. The third kappa shape index (κ3) is 7.82.